The Kier molecular flexibility index (Phi) is 7.55. The van der Waals surface area contributed by atoms with E-state index in [1.54, 1.807) is 21.3 Å². The number of nitrogens with one attached hydrogen (secondary N) is 2. The van der Waals surface area contributed by atoms with Gasteiger partial charge in [-0.15, -0.1) is 0 Å². The van der Waals surface area contributed by atoms with Gasteiger partial charge in [-0.05, 0) is 55.3 Å². The van der Waals surface area contributed by atoms with Gasteiger partial charge in [0.25, 0.3) is 0 Å². The molecule has 2 rings (SSSR count). The summed E-state index contributed by atoms with van der Waals surface area (Å²) < 4.78 is 10.8. The Balaban J connectivity index is 2.07. The Labute approximate surface area is 168 Å². The molecule has 0 heterocycles. The number of guanidine groups is 1. The molecule has 0 fully saturated rings. The highest BCUT2D eigenvalue weighted by Gasteiger charge is 2.14. The number of aryl methyl sites for hydroxylation is 1. The molecule has 0 saturated carbocycles. The third kappa shape index (κ3) is 5.31. The summed E-state index contributed by atoms with van der Waals surface area (Å²) >= 11 is 0. The summed E-state index contributed by atoms with van der Waals surface area (Å²) in [6.07, 6.45) is 0. The second-order valence-corrected chi connectivity index (χ2v) is 6.90. The van der Waals surface area contributed by atoms with Crippen LogP contribution in [-0.4, -0.2) is 41.3 Å². The van der Waals surface area contributed by atoms with Crippen LogP contribution in [0.3, 0.4) is 0 Å². The van der Waals surface area contributed by atoms with Crippen LogP contribution in [0.1, 0.15) is 29.7 Å². The highest BCUT2D eigenvalue weighted by atomic mass is 16.5. The normalized spacial score (nSPS) is 12.3. The summed E-state index contributed by atoms with van der Waals surface area (Å²) in [6.45, 7) is 4.90. The van der Waals surface area contributed by atoms with E-state index >= 15 is 0 Å². The topological polar surface area (TPSA) is 58.1 Å². The zero-order valence-electron chi connectivity index (χ0n) is 18.0. The van der Waals surface area contributed by atoms with Crippen LogP contribution in [0.4, 0.5) is 5.69 Å². The van der Waals surface area contributed by atoms with Crippen molar-refractivity contribution < 1.29 is 9.47 Å². The van der Waals surface area contributed by atoms with E-state index in [0.29, 0.717) is 6.54 Å². The van der Waals surface area contributed by atoms with Crippen LogP contribution in [0, 0.1) is 6.92 Å². The first-order valence-electron chi connectivity index (χ1n) is 9.35. The Hall–Kier alpha value is -2.89. The van der Waals surface area contributed by atoms with Gasteiger partial charge in [-0.1, -0.05) is 6.07 Å². The lowest BCUT2D eigenvalue weighted by atomic mass is 10.1. The van der Waals surface area contributed by atoms with Crippen LogP contribution < -0.4 is 25.0 Å². The number of aliphatic imine (C=N–C) groups is 1. The van der Waals surface area contributed by atoms with Crippen molar-refractivity contribution in [1.82, 2.24) is 10.6 Å². The summed E-state index contributed by atoms with van der Waals surface area (Å²) in [6, 6.07) is 12.3. The van der Waals surface area contributed by atoms with Crippen LogP contribution in [0.25, 0.3) is 0 Å². The minimum atomic E-state index is -0.00605. The van der Waals surface area contributed by atoms with E-state index in [0.717, 1.165) is 23.0 Å². The Morgan fingerprint density at radius 2 is 1.86 bits per heavy atom. The Bertz CT molecular complexity index is 818. The summed E-state index contributed by atoms with van der Waals surface area (Å²) in [7, 11) is 9.20. The van der Waals surface area contributed by atoms with Crippen molar-refractivity contribution in [3.63, 3.8) is 0 Å². The number of nitrogens with zero attached hydrogens (tertiary/aromatic N) is 2. The maximum atomic E-state index is 5.50. The van der Waals surface area contributed by atoms with E-state index in [-0.39, 0.29) is 6.04 Å². The minimum Gasteiger partial charge on any atom is -0.497 e. The lowest BCUT2D eigenvalue weighted by Crippen LogP contribution is -2.38. The van der Waals surface area contributed by atoms with Gasteiger partial charge in [-0.2, -0.15) is 0 Å². The average Bonchev–Trinajstić information content (AvgIpc) is 2.70. The van der Waals surface area contributed by atoms with Crippen LogP contribution in [0.15, 0.2) is 41.4 Å². The number of anilines is 1. The molecule has 2 aromatic carbocycles. The summed E-state index contributed by atoms with van der Waals surface area (Å²) in [5.74, 6) is 2.34. The fourth-order valence-corrected chi connectivity index (χ4v) is 2.99. The fourth-order valence-electron chi connectivity index (χ4n) is 2.99. The lowest BCUT2D eigenvalue weighted by molar-refractivity contribution is 0.394. The predicted octanol–water partition coefficient (Wildman–Crippen LogP) is 3.50. The number of hydrogen-bond donors (Lipinski definition) is 2. The Morgan fingerprint density at radius 1 is 1.11 bits per heavy atom. The maximum absolute atomic E-state index is 5.50. The van der Waals surface area contributed by atoms with Gasteiger partial charge in [-0.25, -0.2) is 0 Å². The van der Waals surface area contributed by atoms with Crippen LogP contribution in [0.2, 0.25) is 0 Å². The molecule has 0 saturated heterocycles. The molecule has 6 nitrogen and oxygen atoms in total. The first kappa shape index (κ1) is 21.4. The molecule has 152 valence electrons. The predicted molar refractivity (Wildman–Crippen MR) is 117 cm³/mol. The molecule has 0 aliphatic heterocycles. The molecule has 2 N–H and O–H groups in total. The first-order valence-corrected chi connectivity index (χ1v) is 9.35. The van der Waals surface area contributed by atoms with E-state index in [1.807, 2.05) is 32.3 Å². The van der Waals surface area contributed by atoms with Crippen LogP contribution >= 0.6 is 0 Å². The monoisotopic (exact) mass is 384 g/mol. The highest BCUT2D eigenvalue weighted by Crippen LogP contribution is 2.29. The number of ether oxygens (including phenoxy) is 2. The van der Waals surface area contributed by atoms with Crippen molar-refractivity contribution in [2.24, 2.45) is 4.99 Å². The lowest BCUT2D eigenvalue weighted by Gasteiger charge is -2.21. The molecule has 0 bridgehead atoms. The highest BCUT2D eigenvalue weighted by molar-refractivity contribution is 5.80. The van der Waals surface area contributed by atoms with Gasteiger partial charge in [-0.3, -0.25) is 4.99 Å². The molecular weight excluding hydrogens is 352 g/mol. The molecule has 2 aromatic rings. The average molecular weight is 385 g/mol. The molecule has 0 aliphatic rings. The number of methoxy groups -OCH3 is 2. The smallest absolute Gasteiger partial charge is 0.191 e. The second kappa shape index (κ2) is 9.88. The van der Waals surface area contributed by atoms with Crippen molar-refractivity contribution in [3.05, 3.63) is 53.1 Å². The van der Waals surface area contributed by atoms with E-state index < -0.39 is 0 Å². The van der Waals surface area contributed by atoms with Crippen molar-refractivity contribution in [2.75, 3.05) is 40.3 Å². The van der Waals surface area contributed by atoms with Gasteiger partial charge >= 0.3 is 0 Å². The molecule has 28 heavy (non-hydrogen) atoms. The molecule has 1 atom stereocenters. The van der Waals surface area contributed by atoms with Crippen molar-refractivity contribution in [1.29, 1.82) is 0 Å². The molecular formula is C22H32N4O2. The van der Waals surface area contributed by atoms with Gasteiger partial charge in [0.2, 0.25) is 0 Å². The molecule has 1 unspecified atom stereocenters. The fraction of sp³-hybridized carbons (Fsp3) is 0.409. The number of rotatable bonds is 7. The molecule has 6 heteroatoms. The standard InChI is InChI=1S/C22H32N4O2/c1-15-12-18(26(4)5)9-8-17(15)14-24-22(23-3)25-16(2)20-13-19(27-6)10-11-21(20)28-7/h8-13,16H,14H2,1-7H3,(H2,23,24,25). The second-order valence-electron chi connectivity index (χ2n) is 6.90. The van der Waals surface area contributed by atoms with E-state index in [9.17, 15) is 0 Å². The quantitative estimate of drug-likeness (QED) is 0.565. The number of benzene rings is 2. The third-order valence-electron chi connectivity index (χ3n) is 4.77. The maximum Gasteiger partial charge on any atom is 0.191 e. The molecule has 0 spiro atoms. The zero-order valence-corrected chi connectivity index (χ0v) is 18.0. The van der Waals surface area contributed by atoms with E-state index in [4.69, 9.17) is 9.47 Å². The van der Waals surface area contributed by atoms with E-state index in [2.05, 4.69) is 52.6 Å². The largest absolute Gasteiger partial charge is 0.497 e. The first-order chi connectivity index (χ1) is 13.4. The molecule has 0 radical (unpaired) electrons. The molecule has 0 aliphatic carbocycles. The van der Waals surface area contributed by atoms with Crippen LogP contribution in [-0.2, 0) is 6.54 Å². The molecule has 0 amide bonds. The summed E-state index contributed by atoms with van der Waals surface area (Å²) in [5, 5.41) is 6.82. The minimum absolute atomic E-state index is 0.00605. The summed E-state index contributed by atoms with van der Waals surface area (Å²) in [4.78, 5) is 6.46. The van der Waals surface area contributed by atoms with Crippen molar-refractivity contribution >= 4 is 11.6 Å². The zero-order chi connectivity index (χ0) is 20.7. The van der Waals surface area contributed by atoms with Gasteiger partial charge in [0, 0.05) is 38.9 Å². The van der Waals surface area contributed by atoms with E-state index in [1.165, 1.54) is 16.8 Å². The number of hydrogen-bond acceptors (Lipinski definition) is 4. The van der Waals surface area contributed by atoms with Crippen LogP contribution in [0.5, 0.6) is 11.5 Å². The molecule has 0 aromatic heterocycles. The van der Waals surface area contributed by atoms with Crippen molar-refractivity contribution in [3.8, 4) is 11.5 Å². The SMILES string of the molecule is CN=C(NCc1ccc(N(C)C)cc1C)NC(C)c1cc(OC)ccc1OC. The van der Waals surface area contributed by atoms with Gasteiger partial charge < -0.3 is 25.0 Å². The van der Waals surface area contributed by atoms with Gasteiger partial charge in [0.1, 0.15) is 11.5 Å². The Morgan fingerprint density at radius 3 is 2.43 bits per heavy atom. The van der Waals surface area contributed by atoms with Gasteiger partial charge in [0.05, 0.1) is 20.3 Å². The summed E-state index contributed by atoms with van der Waals surface area (Å²) in [5.41, 5.74) is 4.69. The van der Waals surface area contributed by atoms with Crippen molar-refractivity contribution in [2.45, 2.75) is 26.4 Å². The third-order valence-corrected chi connectivity index (χ3v) is 4.77. The van der Waals surface area contributed by atoms with Gasteiger partial charge in [0.15, 0.2) is 5.96 Å².